The number of nitro benzene ring substituents is 1. The van der Waals surface area contributed by atoms with Crippen molar-refractivity contribution in [1.82, 2.24) is 9.55 Å². The zero-order valence-electron chi connectivity index (χ0n) is 16.0. The first-order valence-electron chi connectivity index (χ1n) is 8.58. The number of ether oxygens (including phenoxy) is 1. The molecule has 2 aromatic heterocycles. The molecule has 3 rings (SSSR count). The second kappa shape index (κ2) is 8.23. The molecule has 29 heavy (non-hydrogen) atoms. The smallest absolute Gasteiger partial charge is 0.340 e. The molecule has 9 nitrogen and oxygen atoms in total. The van der Waals surface area contributed by atoms with E-state index in [1.165, 1.54) is 23.5 Å². The van der Waals surface area contributed by atoms with Gasteiger partial charge in [0.25, 0.3) is 5.69 Å². The summed E-state index contributed by atoms with van der Waals surface area (Å²) >= 11 is 1.45. The van der Waals surface area contributed by atoms with Gasteiger partial charge in [0, 0.05) is 53.4 Å². The number of carbonyl (C=O) groups is 2. The Kier molecular flexibility index (Phi) is 5.74. The van der Waals surface area contributed by atoms with Crippen LogP contribution in [0.5, 0.6) is 0 Å². The van der Waals surface area contributed by atoms with E-state index in [0.29, 0.717) is 16.9 Å². The Morgan fingerprint density at radius 3 is 2.66 bits per heavy atom. The van der Waals surface area contributed by atoms with E-state index in [1.54, 1.807) is 26.2 Å². The molecule has 0 aliphatic heterocycles. The SMILES string of the molecule is CNc1ccc([N+](=O)[O-])cc1C(=O)OCC(=O)c1cc(C)n(-c2nccs2)c1C. The third kappa shape index (κ3) is 4.02. The first-order chi connectivity index (χ1) is 13.8. The number of esters is 1. The van der Waals surface area contributed by atoms with E-state index in [2.05, 4.69) is 10.3 Å². The van der Waals surface area contributed by atoms with Crippen LogP contribution in [-0.2, 0) is 4.74 Å². The van der Waals surface area contributed by atoms with Crippen LogP contribution in [-0.4, -0.2) is 39.9 Å². The predicted octanol–water partition coefficient (Wildman–Crippen LogP) is 3.54. The number of non-ortho nitro benzene ring substituents is 1. The summed E-state index contributed by atoms with van der Waals surface area (Å²) in [5.41, 5.74) is 2.08. The maximum atomic E-state index is 12.6. The van der Waals surface area contributed by atoms with E-state index in [-0.39, 0.29) is 17.0 Å². The van der Waals surface area contributed by atoms with Crippen molar-refractivity contribution in [2.45, 2.75) is 13.8 Å². The monoisotopic (exact) mass is 414 g/mol. The number of hydrogen-bond acceptors (Lipinski definition) is 8. The molecule has 0 saturated carbocycles. The molecule has 0 fully saturated rings. The summed E-state index contributed by atoms with van der Waals surface area (Å²) in [4.78, 5) is 39.7. The van der Waals surface area contributed by atoms with Crippen LogP contribution in [0.3, 0.4) is 0 Å². The highest BCUT2D eigenvalue weighted by molar-refractivity contribution is 7.12. The molecule has 0 unspecified atom stereocenters. The number of carbonyl (C=O) groups excluding carboxylic acids is 2. The van der Waals surface area contributed by atoms with Gasteiger partial charge < -0.3 is 10.1 Å². The van der Waals surface area contributed by atoms with Crippen molar-refractivity contribution in [3.63, 3.8) is 0 Å². The van der Waals surface area contributed by atoms with Crippen molar-refractivity contribution < 1.29 is 19.2 Å². The molecule has 0 aliphatic rings. The number of benzene rings is 1. The maximum absolute atomic E-state index is 12.6. The largest absolute Gasteiger partial charge is 0.454 e. The Morgan fingerprint density at radius 1 is 1.28 bits per heavy atom. The fraction of sp³-hybridized carbons (Fsp3) is 0.211. The summed E-state index contributed by atoms with van der Waals surface area (Å²) in [6.07, 6.45) is 1.68. The number of ketones is 1. The fourth-order valence-electron chi connectivity index (χ4n) is 2.99. The van der Waals surface area contributed by atoms with E-state index >= 15 is 0 Å². The fourth-order valence-corrected chi connectivity index (χ4v) is 3.74. The third-order valence-corrected chi connectivity index (χ3v) is 5.14. The number of thiazole rings is 1. The van der Waals surface area contributed by atoms with Crippen LogP contribution < -0.4 is 5.32 Å². The molecule has 0 spiro atoms. The molecule has 2 heterocycles. The van der Waals surface area contributed by atoms with Gasteiger partial charge in [0.15, 0.2) is 11.7 Å². The van der Waals surface area contributed by atoms with E-state index in [0.717, 1.165) is 16.9 Å². The van der Waals surface area contributed by atoms with Crippen LogP contribution in [0.15, 0.2) is 35.8 Å². The molecule has 0 bridgehead atoms. The molecule has 0 amide bonds. The second-order valence-corrected chi connectivity index (χ2v) is 7.04. The summed E-state index contributed by atoms with van der Waals surface area (Å²) in [6, 6.07) is 5.53. The predicted molar refractivity (Wildman–Crippen MR) is 108 cm³/mol. The molecule has 150 valence electrons. The quantitative estimate of drug-likeness (QED) is 0.272. The highest BCUT2D eigenvalue weighted by Gasteiger charge is 2.21. The number of anilines is 1. The van der Waals surface area contributed by atoms with Crippen molar-refractivity contribution in [3.05, 3.63) is 68.5 Å². The lowest BCUT2D eigenvalue weighted by Crippen LogP contribution is -2.16. The summed E-state index contributed by atoms with van der Waals surface area (Å²) in [6.45, 7) is 3.18. The number of rotatable bonds is 7. The summed E-state index contributed by atoms with van der Waals surface area (Å²) in [5.74, 6) is -1.19. The Hall–Kier alpha value is -3.53. The average Bonchev–Trinajstić information content (AvgIpc) is 3.32. The minimum atomic E-state index is -0.819. The van der Waals surface area contributed by atoms with Gasteiger partial charge >= 0.3 is 5.97 Å². The summed E-state index contributed by atoms with van der Waals surface area (Å²) in [7, 11) is 1.58. The highest BCUT2D eigenvalue weighted by Crippen LogP contribution is 2.24. The maximum Gasteiger partial charge on any atom is 0.340 e. The number of aryl methyl sites for hydroxylation is 1. The molecule has 0 saturated heterocycles. The molecule has 3 aromatic rings. The average molecular weight is 414 g/mol. The normalized spacial score (nSPS) is 10.6. The molecule has 0 atom stereocenters. The van der Waals surface area contributed by atoms with Gasteiger partial charge in [-0.15, -0.1) is 11.3 Å². The molecule has 0 aliphatic carbocycles. The Morgan fingerprint density at radius 2 is 2.03 bits per heavy atom. The minimum absolute atomic E-state index is 0.0113. The van der Waals surface area contributed by atoms with Gasteiger partial charge in [-0.3, -0.25) is 19.5 Å². The second-order valence-electron chi connectivity index (χ2n) is 6.17. The summed E-state index contributed by atoms with van der Waals surface area (Å²) < 4.78 is 7.00. The number of Topliss-reactive ketones (excluding diaryl/α,β-unsaturated/α-hetero) is 1. The number of aromatic nitrogens is 2. The first-order valence-corrected chi connectivity index (χ1v) is 9.46. The molecule has 1 aromatic carbocycles. The number of nitro groups is 1. The Labute approximate surface area is 170 Å². The lowest BCUT2D eigenvalue weighted by Gasteiger charge is -2.09. The molecule has 10 heteroatoms. The lowest BCUT2D eigenvalue weighted by molar-refractivity contribution is -0.384. The van der Waals surface area contributed by atoms with Crippen molar-refractivity contribution in [3.8, 4) is 5.13 Å². The van der Waals surface area contributed by atoms with Crippen LogP contribution in [0.1, 0.15) is 32.1 Å². The standard InChI is InChI=1S/C19H18N4O5S/c1-11-8-14(12(2)22(11)19-21-6-7-29-19)17(24)10-28-18(25)15-9-13(23(26)27)4-5-16(15)20-3/h4-9,20H,10H2,1-3H3. The number of hydrogen-bond donors (Lipinski definition) is 1. The van der Waals surface area contributed by atoms with E-state index in [1.807, 2.05) is 16.9 Å². The number of nitrogens with zero attached hydrogens (tertiary/aromatic N) is 3. The zero-order chi connectivity index (χ0) is 21.1. The minimum Gasteiger partial charge on any atom is -0.454 e. The Balaban J connectivity index is 1.78. The van der Waals surface area contributed by atoms with Crippen molar-refractivity contribution in [1.29, 1.82) is 0 Å². The van der Waals surface area contributed by atoms with Gasteiger partial charge in [0.1, 0.15) is 0 Å². The van der Waals surface area contributed by atoms with Crippen LogP contribution in [0.25, 0.3) is 5.13 Å². The summed E-state index contributed by atoms with van der Waals surface area (Å²) in [5, 5.41) is 16.3. The zero-order valence-corrected chi connectivity index (χ0v) is 16.8. The third-order valence-electron chi connectivity index (χ3n) is 4.38. The molecular weight excluding hydrogens is 396 g/mol. The van der Waals surface area contributed by atoms with Gasteiger partial charge in [0.05, 0.1) is 10.5 Å². The number of nitrogens with one attached hydrogen (secondary N) is 1. The van der Waals surface area contributed by atoms with Gasteiger partial charge in [-0.2, -0.15) is 0 Å². The van der Waals surface area contributed by atoms with Gasteiger partial charge in [-0.1, -0.05) is 0 Å². The van der Waals surface area contributed by atoms with Crippen LogP contribution in [0.2, 0.25) is 0 Å². The van der Waals surface area contributed by atoms with E-state index in [9.17, 15) is 19.7 Å². The van der Waals surface area contributed by atoms with Crippen LogP contribution >= 0.6 is 11.3 Å². The van der Waals surface area contributed by atoms with Gasteiger partial charge in [0.2, 0.25) is 5.78 Å². The van der Waals surface area contributed by atoms with Crippen LogP contribution in [0.4, 0.5) is 11.4 Å². The van der Waals surface area contributed by atoms with Crippen molar-refractivity contribution >= 4 is 34.5 Å². The highest BCUT2D eigenvalue weighted by atomic mass is 32.1. The van der Waals surface area contributed by atoms with Crippen molar-refractivity contribution in [2.75, 3.05) is 19.0 Å². The first kappa shape index (κ1) is 20.2. The molecule has 0 radical (unpaired) electrons. The van der Waals surface area contributed by atoms with E-state index in [4.69, 9.17) is 4.74 Å². The molecule has 1 N–H and O–H groups in total. The Bertz CT molecular complexity index is 1090. The van der Waals surface area contributed by atoms with Crippen LogP contribution in [0, 0.1) is 24.0 Å². The molecular formula is C19H18N4O5S. The van der Waals surface area contributed by atoms with E-state index < -0.39 is 17.5 Å². The van der Waals surface area contributed by atoms with Gasteiger partial charge in [-0.05, 0) is 26.0 Å². The lowest BCUT2D eigenvalue weighted by atomic mass is 10.1. The van der Waals surface area contributed by atoms with Gasteiger partial charge in [-0.25, -0.2) is 9.78 Å². The topological polar surface area (TPSA) is 116 Å². The van der Waals surface area contributed by atoms with Crippen molar-refractivity contribution in [2.24, 2.45) is 0 Å².